The average Bonchev–Trinajstić information content (AvgIpc) is 2.82. The molecule has 2 fully saturated rings. The number of alkyl halides is 2. The topological polar surface area (TPSA) is 69.6 Å². The van der Waals surface area contributed by atoms with Crippen molar-refractivity contribution in [2.75, 3.05) is 13.1 Å². The molecule has 1 aliphatic carbocycles. The summed E-state index contributed by atoms with van der Waals surface area (Å²) in [7, 11) is 0. The largest absolute Gasteiger partial charge is 0.383 e. The standard InChI is InChI=1S/C14H22F2N2O3/c1-9(2)11(19)18-7-4-10(8-18)17-12(20)14(15,16)13(21)5-3-6-13/h9-10,21H,3-8H2,1-2H3,(H,17,20). The van der Waals surface area contributed by atoms with Crippen molar-refractivity contribution in [1.29, 1.82) is 0 Å². The third-order valence-corrected chi connectivity index (χ3v) is 4.38. The van der Waals surface area contributed by atoms with Crippen molar-refractivity contribution < 1.29 is 23.5 Å². The van der Waals surface area contributed by atoms with Crippen LogP contribution >= 0.6 is 0 Å². The molecule has 1 heterocycles. The molecular formula is C14H22F2N2O3. The summed E-state index contributed by atoms with van der Waals surface area (Å²) in [6, 6.07) is -0.477. The van der Waals surface area contributed by atoms with E-state index in [0.29, 0.717) is 19.4 Å². The van der Waals surface area contributed by atoms with Gasteiger partial charge in [-0.1, -0.05) is 13.8 Å². The molecule has 0 aromatic carbocycles. The van der Waals surface area contributed by atoms with Crippen molar-refractivity contribution in [2.24, 2.45) is 5.92 Å². The molecule has 0 aromatic rings. The second-order valence-corrected chi connectivity index (χ2v) is 6.36. The van der Waals surface area contributed by atoms with Gasteiger partial charge in [0.15, 0.2) is 0 Å². The number of halogens is 2. The molecule has 2 aliphatic rings. The summed E-state index contributed by atoms with van der Waals surface area (Å²) in [6.45, 7) is 4.25. The SMILES string of the molecule is CC(C)C(=O)N1CCC(NC(=O)C(F)(F)C2(O)CCC2)C1. The minimum atomic E-state index is -3.78. The van der Waals surface area contributed by atoms with Gasteiger partial charge in [-0.05, 0) is 25.7 Å². The molecule has 1 saturated carbocycles. The Bertz CT molecular complexity index is 436. The molecule has 1 atom stereocenters. The lowest BCUT2D eigenvalue weighted by molar-refractivity contribution is -0.216. The first-order valence-electron chi connectivity index (χ1n) is 7.37. The molecule has 2 amide bonds. The molecule has 1 unspecified atom stereocenters. The number of likely N-dealkylation sites (tertiary alicyclic amines) is 1. The van der Waals surface area contributed by atoms with E-state index in [4.69, 9.17) is 0 Å². The zero-order valence-corrected chi connectivity index (χ0v) is 12.4. The fourth-order valence-corrected chi connectivity index (χ4v) is 2.76. The van der Waals surface area contributed by atoms with E-state index in [1.54, 1.807) is 18.7 Å². The average molecular weight is 304 g/mol. The fraction of sp³-hybridized carbons (Fsp3) is 0.857. The van der Waals surface area contributed by atoms with Gasteiger partial charge in [0.1, 0.15) is 5.60 Å². The summed E-state index contributed by atoms with van der Waals surface area (Å²) in [5.74, 6) is -5.41. The normalized spacial score (nSPS) is 24.9. The molecule has 21 heavy (non-hydrogen) atoms. The summed E-state index contributed by atoms with van der Waals surface area (Å²) >= 11 is 0. The highest BCUT2D eigenvalue weighted by Crippen LogP contribution is 2.44. The minimum Gasteiger partial charge on any atom is -0.383 e. The number of rotatable bonds is 4. The first kappa shape index (κ1) is 16.1. The number of carbonyl (C=O) groups excluding carboxylic acids is 2. The number of amides is 2. The maximum atomic E-state index is 13.9. The molecule has 1 saturated heterocycles. The van der Waals surface area contributed by atoms with Gasteiger partial charge in [0.05, 0.1) is 0 Å². The molecule has 2 N–H and O–H groups in total. The molecule has 0 aromatic heterocycles. The number of carbonyl (C=O) groups is 2. The molecule has 5 nitrogen and oxygen atoms in total. The predicted octanol–water partition coefficient (Wildman–Crippen LogP) is 0.910. The van der Waals surface area contributed by atoms with Gasteiger partial charge < -0.3 is 15.3 Å². The van der Waals surface area contributed by atoms with Crippen LogP contribution in [0.25, 0.3) is 0 Å². The monoisotopic (exact) mass is 304 g/mol. The minimum absolute atomic E-state index is 0.0452. The van der Waals surface area contributed by atoms with E-state index in [0.717, 1.165) is 0 Å². The molecule has 0 bridgehead atoms. The predicted molar refractivity (Wildman–Crippen MR) is 71.7 cm³/mol. The van der Waals surface area contributed by atoms with Crippen LogP contribution in [0.1, 0.15) is 39.5 Å². The Hall–Kier alpha value is -1.24. The molecular weight excluding hydrogens is 282 g/mol. The van der Waals surface area contributed by atoms with Crippen LogP contribution in [0.3, 0.4) is 0 Å². The third kappa shape index (κ3) is 2.88. The van der Waals surface area contributed by atoms with Gasteiger partial charge in [0.25, 0.3) is 5.91 Å². The van der Waals surface area contributed by atoms with E-state index in [2.05, 4.69) is 5.32 Å². The van der Waals surface area contributed by atoms with Crippen LogP contribution in [0.15, 0.2) is 0 Å². The van der Waals surface area contributed by atoms with Crippen LogP contribution in [-0.4, -0.2) is 52.5 Å². The van der Waals surface area contributed by atoms with Gasteiger partial charge in [0, 0.05) is 25.0 Å². The highest BCUT2D eigenvalue weighted by molar-refractivity contribution is 5.85. The highest BCUT2D eigenvalue weighted by Gasteiger charge is 2.61. The Morgan fingerprint density at radius 3 is 2.48 bits per heavy atom. The lowest BCUT2D eigenvalue weighted by atomic mass is 9.75. The zero-order chi connectivity index (χ0) is 15.8. The van der Waals surface area contributed by atoms with Crippen molar-refractivity contribution in [1.82, 2.24) is 10.2 Å². The quantitative estimate of drug-likeness (QED) is 0.811. The van der Waals surface area contributed by atoms with Crippen molar-refractivity contribution in [3.05, 3.63) is 0 Å². The molecule has 7 heteroatoms. The number of hydrogen-bond donors (Lipinski definition) is 2. The first-order valence-corrected chi connectivity index (χ1v) is 7.37. The van der Waals surface area contributed by atoms with E-state index in [9.17, 15) is 23.5 Å². The smallest absolute Gasteiger partial charge is 0.352 e. The lowest BCUT2D eigenvalue weighted by Gasteiger charge is -2.41. The first-order chi connectivity index (χ1) is 9.67. The van der Waals surface area contributed by atoms with E-state index >= 15 is 0 Å². The summed E-state index contributed by atoms with van der Waals surface area (Å²) in [4.78, 5) is 25.1. The number of nitrogens with zero attached hydrogens (tertiary/aromatic N) is 1. The summed E-state index contributed by atoms with van der Waals surface area (Å²) in [5, 5.41) is 12.0. The van der Waals surface area contributed by atoms with E-state index in [1.807, 2.05) is 0 Å². The van der Waals surface area contributed by atoms with Crippen LogP contribution in [0.5, 0.6) is 0 Å². The maximum absolute atomic E-state index is 13.9. The molecule has 0 radical (unpaired) electrons. The molecule has 0 spiro atoms. The number of aliphatic hydroxyl groups is 1. The van der Waals surface area contributed by atoms with E-state index in [-0.39, 0.29) is 31.2 Å². The van der Waals surface area contributed by atoms with Crippen LogP contribution in [-0.2, 0) is 9.59 Å². The zero-order valence-electron chi connectivity index (χ0n) is 12.4. The van der Waals surface area contributed by atoms with Gasteiger partial charge in [-0.25, -0.2) is 0 Å². The van der Waals surface area contributed by atoms with Gasteiger partial charge >= 0.3 is 5.92 Å². The number of hydrogen-bond acceptors (Lipinski definition) is 3. The maximum Gasteiger partial charge on any atom is 0.352 e. The second-order valence-electron chi connectivity index (χ2n) is 6.36. The lowest BCUT2D eigenvalue weighted by Crippen LogP contribution is -2.62. The van der Waals surface area contributed by atoms with Crippen molar-refractivity contribution in [2.45, 2.75) is 57.1 Å². The molecule has 120 valence electrons. The van der Waals surface area contributed by atoms with Crippen LogP contribution in [0.2, 0.25) is 0 Å². The number of nitrogens with one attached hydrogen (secondary N) is 1. The highest BCUT2D eigenvalue weighted by atomic mass is 19.3. The second kappa shape index (κ2) is 5.51. The Morgan fingerprint density at radius 2 is 2.00 bits per heavy atom. The van der Waals surface area contributed by atoms with Gasteiger partial charge in [-0.3, -0.25) is 9.59 Å². The van der Waals surface area contributed by atoms with E-state index in [1.165, 1.54) is 0 Å². The molecule has 1 aliphatic heterocycles. The van der Waals surface area contributed by atoms with Gasteiger partial charge in [-0.2, -0.15) is 8.78 Å². The summed E-state index contributed by atoms with van der Waals surface area (Å²) in [5.41, 5.74) is -2.21. The van der Waals surface area contributed by atoms with E-state index < -0.39 is 23.5 Å². The fourth-order valence-electron chi connectivity index (χ4n) is 2.76. The Balaban J connectivity index is 1.91. The van der Waals surface area contributed by atoms with Crippen molar-refractivity contribution in [3.63, 3.8) is 0 Å². The molecule has 2 rings (SSSR count). The Morgan fingerprint density at radius 1 is 1.38 bits per heavy atom. The Labute approximate surface area is 122 Å². The van der Waals surface area contributed by atoms with Crippen molar-refractivity contribution in [3.8, 4) is 0 Å². The van der Waals surface area contributed by atoms with Crippen LogP contribution in [0.4, 0.5) is 8.78 Å². The van der Waals surface area contributed by atoms with Crippen LogP contribution in [0, 0.1) is 5.92 Å². The summed E-state index contributed by atoms with van der Waals surface area (Å²) in [6.07, 6.45) is 0.838. The third-order valence-electron chi connectivity index (χ3n) is 4.38. The van der Waals surface area contributed by atoms with Gasteiger partial charge in [-0.15, -0.1) is 0 Å². The van der Waals surface area contributed by atoms with Gasteiger partial charge in [0.2, 0.25) is 5.91 Å². The summed E-state index contributed by atoms with van der Waals surface area (Å²) < 4.78 is 27.9. The van der Waals surface area contributed by atoms with Crippen molar-refractivity contribution >= 4 is 11.8 Å². The Kier molecular flexibility index (Phi) is 4.24. The van der Waals surface area contributed by atoms with Crippen LogP contribution < -0.4 is 5.32 Å².